The minimum absolute atomic E-state index is 0.0114. The zero-order chi connectivity index (χ0) is 28.4. The van der Waals surface area contributed by atoms with Crippen molar-refractivity contribution in [2.45, 2.75) is 20.3 Å². The van der Waals surface area contributed by atoms with Gasteiger partial charge >= 0.3 is 11.9 Å². The molecule has 2 aliphatic rings. The summed E-state index contributed by atoms with van der Waals surface area (Å²) in [5.74, 6) is -4.46. The second-order valence-corrected chi connectivity index (χ2v) is 9.14. The Morgan fingerprint density at radius 3 is 1.28 bits per heavy atom. The van der Waals surface area contributed by atoms with Crippen LogP contribution >= 0.6 is 0 Å². The first-order valence-electron chi connectivity index (χ1n) is 12.2. The number of hydrogen-bond acceptors (Lipinski definition) is 8. The molecule has 39 heavy (non-hydrogen) atoms. The van der Waals surface area contributed by atoms with Crippen LogP contribution in [-0.2, 0) is 9.47 Å². The zero-order valence-electron chi connectivity index (χ0n) is 21.3. The van der Waals surface area contributed by atoms with Gasteiger partial charge in [0.05, 0.1) is 59.7 Å². The fraction of sp³-hybridized carbons (Fsp3) is 0.333. The lowest BCUT2D eigenvalue weighted by molar-refractivity contribution is 0.0469. The van der Waals surface area contributed by atoms with Gasteiger partial charge in [-0.1, -0.05) is 0 Å². The van der Waals surface area contributed by atoms with Gasteiger partial charge in [0.2, 0.25) is 0 Å². The van der Waals surface area contributed by atoms with Crippen molar-refractivity contribution in [2.75, 3.05) is 39.5 Å². The second kappa shape index (κ2) is 11.1. The fourth-order valence-corrected chi connectivity index (χ4v) is 4.54. The minimum Gasteiger partial charge on any atom is -0.478 e. The Morgan fingerprint density at radius 1 is 0.615 bits per heavy atom. The number of aromatic carboxylic acids is 2. The van der Waals surface area contributed by atoms with Crippen LogP contribution in [0.5, 0.6) is 0 Å². The number of amides is 4. The number of carboxylic acid groups (broad SMARTS) is 2. The number of carbonyl (C=O) groups excluding carboxylic acids is 4. The highest BCUT2D eigenvalue weighted by molar-refractivity contribution is 6.23. The summed E-state index contributed by atoms with van der Waals surface area (Å²) in [6.07, 6.45) is 0.479. The lowest BCUT2D eigenvalue weighted by Gasteiger charge is -2.14. The Hall–Kier alpha value is -4.42. The van der Waals surface area contributed by atoms with E-state index >= 15 is 0 Å². The van der Waals surface area contributed by atoms with Crippen molar-refractivity contribution in [2.24, 2.45) is 0 Å². The summed E-state index contributed by atoms with van der Waals surface area (Å²) >= 11 is 0. The summed E-state index contributed by atoms with van der Waals surface area (Å²) in [5.41, 5.74) is 1.20. The van der Waals surface area contributed by atoms with Gasteiger partial charge in [-0.05, 0) is 55.7 Å². The molecule has 12 heteroatoms. The van der Waals surface area contributed by atoms with Crippen LogP contribution in [0.1, 0.15) is 79.7 Å². The number of nitrogens with zero attached hydrogens (tertiary/aromatic N) is 2. The monoisotopic (exact) mass is 538 g/mol. The van der Waals surface area contributed by atoms with E-state index in [1.165, 1.54) is 24.3 Å². The third kappa shape index (κ3) is 5.29. The van der Waals surface area contributed by atoms with Gasteiger partial charge in [0, 0.05) is 13.2 Å². The van der Waals surface area contributed by atoms with Crippen LogP contribution in [0.25, 0.3) is 0 Å². The SMILES string of the molecule is Cc1cc2c(cc1C(=O)O)C(=O)N(CCOCCCOCCN1C(=O)c3cc(C)c(C(=O)O)cc3C1=O)C2=O. The Labute approximate surface area is 222 Å². The Kier molecular flexibility index (Phi) is 7.88. The van der Waals surface area contributed by atoms with Crippen molar-refractivity contribution < 1.29 is 48.5 Å². The topological polar surface area (TPSA) is 168 Å². The van der Waals surface area contributed by atoms with Gasteiger partial charge in [0.1, 0.15) is 0 Å². The lowest BCUT2D eigenvalue weighted by Crippen LogP contribution is -2.33. The molecule has 0 saturated carbocycles. The van der Waals surface area contributed by atoms with Crippen molar-refractivity contribution in [3.63, 3.8) is 0 Å². The van der Waals surface area contributed by atoms with Gasteiger partial charge in [0.25, 0.3) is 23.6 Å². The molecule has 2 aromatic rings. The maximum Gasteiger partial charge on any atom is 0.335 e. The van der Waals surface area contributed by atoms with Crippen molar-refractivity contribution in [1.82, 2.24) is 9.80 Å². The van der Waals surface area contributed by atoms with Crippen LogP contribution in [0.4, 0.5) is 0 Å². The number of hydrogen-bond donors (Lipinski definition) is 2. The number of ether oxygens (including phenoxy) is 2. The molecule has 2 aliphatic heterocycles. The molecule has 4 rings (SSSR count). The van der Waals surface area contributed by atoms with Gasteiger partial charge < -0.3 is 19.7 Å². The molecule has 0 aromatic heterocycles. The largest absolute Gasteiger partial charge is 0.478 e. The molecule has 2 aromatic carbocycles. The van der Waals surface area contributed by atoms with E-state index in [4.69, 9.17) is 9.47 Å². The summed E-state index contributed by atoms with van der Waals surface area (Å²) in [7, 11) is 0. The minimum atomic E-state index is -1.17. The van der Waals surface area contributed by atoms with E-state index in [9.17, 15) is 39.0 Å². The number of imide groups is 2. The Morgan fingerprint density at radius 2 is 0.949 bits per heavy atom. The van der Waals surface area contributed by atoms with Crippen molar-refractivity contribution in [3.8, 4) is 0 Å². The van der Waals surface area contributed by atoms with Gasteiger partial charge in [-0.25, -0.2) is 9.59 Å². The van der Waals surface area contributed by atoms with E-state index in [0.29, 0.717) is 17.5 Å². The molecule has 2 N–H and O–H groups in total. The number of carboxylic acids is 2. The molecular formula is C27H26N2O10. The average molecular weight is 539 g/mol. The van der Waals surface area contributed by atoms with Crippen LogP contribution in [0.15, 0.2) is 24.3 Å². The van der Waals surface area contributed by atoms with Crippen LogP contribution in [0.3, 0.4) is 0 Å². The number of rotatable bonds is 12. The molecule has 0 aliphatic carbocycles. The maximum absolute atomic E-state index is 12.6. The summed E-state index contributed by atoms with van der Waals surface area (Å²) < 4.78 is 11.0. The second-order valence-electron chi connectivity index (χ2n) is 9.14. The normalized spacial score (nSPS) is 14.3. The number of fused-ring (bicyclic) bond motifs is 2. The number of aryl methyl sites for hydroxylation is 2. The van der Waals surface area contributed by atoms with Gasteiger partial charge in [-0.3, -0.25) is 29.0 Å². The van der Waals surface area contributed by atoms with E-state index < -0.39 is 35.6 Å². The number of carbonyl (C=O) groups is 6. The molecule has 0 saturated heterocycles. The van der Waals surface area contributed by atoms with Crippen LogP contribution in [0, 0.1) is 13.8 Å². The highest BCUT2D eigenvalue weighted by Gasteiger charge is 2.37. The van der Waals surface area contributed by atoms with E-state index in [-0.39, 0.29) is 72.9 Å². The van der Waals surface area contributed by atoms with Crippen LogP contribution in [0.2, 0.25) is 0 Å². The molecule has 2 heterocycles. The highest BCUT2D eigenvalue weighted by atomic mass is 16.5. The lowest BCUT2D eigenvalue weighted by atomic mass is 10.0. The molecule has 12 nitrogen and oxygen atoms in total. The first kappa shape index (κ1) is 27.6. The van der Waals surface area contributed by atoms with Crippen molar-refractivity contribution in [3.05, 3.63) is 68.8 Å². The molecule has 0 unspecified atom stereocenters. The Balaban J connectivity index is 1.16. The summed E-state index contributed by atoms with van der Waals surface area (Å²) in [6, 6.07) is 5.27. The smallest absolute Gasteiger partial charge is 0.335 e. The molecule has 0 fully saturated rings. The molecule has 204 valence electrons. The first-order chi connectivity index (χ1) is 18.5. The van der Waals surface area contributed by atoms with Gasteiger partial charge in [0.15, 0.2) is 0 Å². The van der Waals surface area contributed by atoms with E-state index in [1.807, 2.05) is 0 Å². The average Bonchev–Trinajstić information content (AvgIpc) is 3.25. The standard InChI is InChI=1S/C27H26N2O10/c1-14-10-18-20(12-16(14)26(34)35)24(32)28(22(18)30)4-8-38-6-3-7-39-9-5-29-23(31)19-11-15(2)17(27(36)37)13-21(19)25(29)33/h10-13H,3-9H2,1-2H3,(H,34,35)(H,36,37). The summed E-state index contributed by atoms with van der Waals surface area (Å²) in [4.78, 5) is 75.0. The highest BCUT2D eigenvalue weighted by Crippen LogP contribution is 2.27. The molecule has 0 spiro atoms. The Bertz CT molecular complexity index is 1310. The third-order valence-corrected chi connectivity index (χ3v) is 6.59. The van der Waals surface area contributed by atoms with Gasteiger partial charge in [-0.15, -0.1) is 0 Å². The predicted octanol–water partition coefficient (Wildman–Crippen LogP) is 2.02. The molecule has 0 radical (unpaired) electrons. The third-order valence-electron chi connectivity index (χ3n) is 6.59. The summed E-state index contributed by atoms with van der Waals surface area (Å²) in [5, 5.41) is 18.5. The molecule has 0 atom stereocenters. The van der Waals surface area contributed by atoms with Crippen molar-refractivity contribution in [1.29, 1.82) is 0 Å². The summed E-state index contributed by atoms with van der Waals surface area (Å²) in [6.45, 7) is 3.87. The van der Waals surface area contributed by atoms with E-state index in [1.54, 1.807) is 13.8 Å². The molecule has 0 bridgehead atoms. The van der Waals surface area contributed by atoms with Crippen molar-refractivity contribution >= 4 is 35.6 Å². The quantitative estimate of drug-likeness (QED) is 0.301. The van der Waals surface area contributed by atoms with E-state index in [0.717, 1.165) is 9.80 Å². The van der Waals surface area contributed by atoms with Crippen LogP contribution < -0.4 is 0 Å². The fourth-order valence-electron chi connectivity index (χ4n) is 4.54. The van der Waals surface area contributed by atoms with Gasteiger partial charge in [-0.2, -0.15) is 0 Å². The van der Waals surface area contributed by atoms with E-state index in [2.05, 4.69) is 0 Å². The zero-order valence-corrected chi connectivity index (χ0v) is 21.3. The maximum atomic E-state index is 12.6. The molecule has 4 amide bonds. The molecular weight excluding hydrogens is 512 g/mol. The van der Waals surface area contributed by atoms with Crippen LogP contribution in [-0.4, -0.2) is 95.1 Å². The predicted molar refractivity (Wildman–Crippen MR) is 133 cm³/mol. The first-order valence-corrected chi connectivity index (χ1v) is 12.2. The number of benzene rings is 2.